The summed E-state index contributed by atoms with van der Waals surface area (Å²) in [5, 5.41) is 8.80. The zero-order valence-electron chi connectivity index (χ0n) is 15.6. The summed E-state index contributed by atoms with van der Waals surface area (Å²) in [6.07, 6.45) is 1.37. The van der Waals surface area contributed by atoms with E-state index in [0.29, 0.717) is 37.1 Å². The lowest BCUT2D eigenvalue weighted by Gasteiger charge is -2.33. The van der Waals surface area contributed by atoms with Gasteiger partial charge in [0.15, 0.2) is 5.78 Å². The molecule has 0 bridgehead atoms. The molecule has 0 radical (unpaired) electrons. The number of hydrogen-bond donors (Lipinski definition) is 0. The molecule has 1 saturated heterocycles. The SMILES string of the molecule is COC(=O)COC1CCN(C(=O)[C@H](C)CC(=O)c2ccc(C#N)cc2)CC1. The summed E-state index contributed by atoms with van der Waals surface area (Å²) >= 11 is 0. The number of esters is 1. The fourth-order valence-electron chi connectivity index (χ4n) is 3.01. The molecule has 0 saturated carbocycles. The van der Waals surface area contributed by atoms with Crippen molar-refractivity contribution in [2.75, 3.05) is 26.8 Å². The van der Waals surface area contributed by atoms with E-state index in [4.69, 9.17) is 10.00 Å². The van der Waals surface area contributed by atoms with Crippen LogP contribution in [0.3, 0.4) is 0 Å². The van der Waals surface area contributed by atoms with Crippen LogP contribution in [0.4, 0.5) is 0 Å². The van der Waals surface area contributed by atoms with Crippen molar-refractivity contribution in [1.29, 1.82) is 5.26 Å². The van der Waals surface area contributed by atoms with Crippen LogP contribution in [0.1, 0.15) is 42.1 Å². The number of nitriles is 1. The normalized spacial score (nSPS) is 15.7. The molecule has 0 aromatic heterocycles. The van der Waals surface area contributed by atoms with Crippen LogP contribution in [0, 0.1) is 17.2 Å². The van der Waals surface area contributed by atoms with Crippen molar-refractivity contribution in [3.05, 3.63) is 35.4 Å². The number of rotatable bonds is 7. The quantitative estimate of drug-likeness (QED) is 0.536. The van der Waals surface area contributed by atoms with Gasteiger partial charge in [-0.2, -0.15) is 5.26 Å². The molecule has 1 fully saturated rings. The topological polar surface area (TPSA) is 96.7 Å². The number of hydrogen-bond acceptors (Lipinski definition) is 6. The Labute approximate surface area is 158 Å². The van der Waals surface area contributed by atoms with Crippen LogP contribution in [-0.4, -0.2) is 55.5 Å². The van der Waals surface area contributed by atoms with E-state index < -0.39 is 11.9 Å². The van der Waals surface area contributed by atoms with Crippen molar-refractivity contribution in [2.45, 2.75) is 32.3 Å². The molecule has 1 aliphatic heterocycles. The number of piperidine rings is 1. The molecule has 1 amide bonds. The van der Waals surface area contributed by atoms with Gasteiger partial charge in [0.1, 0.15) is 6.61 Å². The van der Waals surface area contributed by atoms with Crippen LogP contribution < -0.4 is 0 Å². The lowest BCUT2D eigenvalue weighted by Crippen LogP contribution is -2.43. The second kappa shape index (κ2) is 9.83. The maximum absolute atomic E-state index is 12.6. The van der Waals surface area contributed by atoms with Gasteiger partial charge in [0.05, 0.1) is 24.8 Å². The number of carbonyl (C=O) groups is 3. The Morgan fingerprint density at radius 2 is 1.85 bits per heavy atom. The summed E-state index contributed by atoms with van der Waals surface area (Å²) in [6.45, 7) is 2.76. The molecule has 7 heteroatoms. The van der Waals surface area contributed by atoms with E-state index in [1.807, 2.05) is 6.07 Å². The maximum Gasteiger partial charge on any atom is 0.331 e. The van der Waals surface area contributed by atoms with Gasteiger partial charge >= 0.3 is 5.97 Å². The molecule has 7 nitrogen and oxygen atoms in total. The third-order valence-electron chi connectivity index (χ3n) is 4.67. The summed E-state index contributed by atoms with van der Waals surface area (Å²) in [4.78, 5) is 37.8. The first kappa shape index (κ1) is 20.6. The number of amides is 1. The van der Waals surface area contributed by atoms with Gasteiger partial charge in [-0.05, 0) is 25.0 Å². The minimum Gasteiger partial charge on any atom is -0.467 e. The first-order valence-electron chi connectivity index (χ1n) is 8.95. The Morgan fingerprint density at radius 1 is 1.22 bits per heavy atom. The van der Waals surface area contributed by atoms with Crippen molar-refractivity contribution >= 4 is 17.7 Å². The van der Waals surface area contributed by atoms with Gasteiger partial charge in [-0.3, -0.25) is 9.59 Å². The molecule has 144 valence electrons. The van der Waals surface area contributed by atoms with Crippen molar-refractivity contribution in [1.82, 2.24) is 4.90 Å². The molecule has 1 aromatic carbocycles. The van der Waals surface area contributed by atoms with Gasteiger partial charge in [-0.25, -0.2) is 4.79 Å². The van der Waals surface area contributed by atoms with E-state index in [0.717, 1.165) is 0 Å². The van der Waals surface area contributed by atoms with Crippen LogP contribution in [0.5, 0.6) is 0 Å². The van der Waals surface area contributed by atoms with E-state index in [-0.39, 0.29) is 30.8 Å². The Bertz CT molecular complexity index is 715. The molecule has 27 heavy (non-hydrogen) atoms. The molecule has 1 heterocycles. The van der Waals surface area contributed by atoms with Gasteiger partial charge in [-0.15, -0.1) is 0 Å². The number of likely N-dealkylation sites (tertiary alicyclic amines) is 1. The van der Waals surface area contributed by atoms with E-state index >= 15 is 0 Å². The molecule has 0 unspecified atom stereocenters. The van der Waals surface area contributed by atoms with Crippen molar-refractivity contribution in [3.8, 4) is 6.07 Å². The van der Waals surface area contributed by atoms with Gasteiger partial charge < -0.3 is 14.4 Å². The summed E-state index contributed by atoms with van der Waals surface area (Å²) in [5.74, 6) is -0.996. The van der Waals surface area contributed by atoms with Crippen LogP contribution in [-0.2, 0) is 19.1 Å². The fraction of sp³-hybridized carbons (Fsp3) is 0.500. The van der Waals surface area contributed by atoms with Crippen LogP contribution in [0.25, 0.3) is 0 Å². The Morgan fingerprint density at radius 3 is 2.41 bits per heavy atom. The van der Waals surface area contributed by atoms with Gasteiger partial charge in [-0.1, -0.05) is 19.1 Å². The van der Waals surface area contributed by atoms with Crippen LogP contribution in [0.2, 0.25) is 0 Å². The van der Waals surface area contributed by atoms with Crippen molar-refractivity contribution in [2.24, 2.45) is 5.92 Å². The Hall–Kier alpha value is -2.72. The van der Waals surface area contributed by atoms with E-state index in [2.05, 4.69) is 4.74 Å². The van der Waals surface area contributed by atoms with Gasteiger partial charge in [0, 0.05) is 31.0 Å². The highest BCUT2D eigenvalue weighted by Gasteiger charge is 2.28. The molecule has 0 aliphatic carbocycles. The summed E-state index contributed by atoms with van der Waals surface area (Å²) in [5.41, 5.74) is 0.997. The number of benzene rings is 1. The molecule has 1 atom stereocenters. The number of ether oxygens (including phenoxy) is 2. The number of nitrogens with zero attached hydrogens (tertiary/aromatic N) is 2. The minimum absolute atomic E-state index is 0.0524. The van der Waals surface area contributed by atoms with Gasteiger partial charge in [0.25, 0.3) is 0 Å². The molecule has 0 N–H and O–H groups in total. The summed E-state index contributed by atoms with van der Waals surface area (Å²) in [7, 11) is 1.31. The maximum atomic E-state index is 12.6. The van der Waals surface area contributed by atoms with E-state index in [1.165, 1.54) is 7.11 Å². The summed E-state index contributed by atoms with van der Waals surface area (Å²) < 4.78 is 10.0. The zero-order valence-corrected chi connectivity index (χ0v) is 15.6. The molecular formula is C20H24N2O5. The summed E-state index contributed by atoms with van der Waals surface area (Å²) in [6, 6.07) is 8.43. The van der Waals surface area contributed by atoms with E-state index in [9.17, 15) is 14.4 Å². The van der Waals surface area contributed by atoms with Crippen LogP contribution in [0.15, 0.2) is 24.3 Å². The highest BCUT2D eigenvalue weighted by atomic mass is 16.6. The predicted octanol–water partition coefficient (Wildman–Crippen LogP) is 1.95. The predicted molar refractivity (Wildman–Crippen MR) is 96.8 cm³/mol. The Kier molecular flexibility index (Phi) is 7.50. The highest BCUT2D eigenvalue weighted by molar-refractivity contribution is 5.98. The second-order valence-corrected chi connectivity index (χ2v) is 6.63. The number of Topliss-reactive ketones (excluding diaryl/α,β-unsaturated/α-hetero) is 1. The molecule has 1 aromatic rings. The average molecular weight is 372 g/mol. The molecule has 0 spiro atoms. The smallest absolute Gasteiger partial charge is 0.331 e. The first-order chi connectivity index (χ1) is 12.9. The van der Waals surface area contributed by atoms with Gasteiger partial charge in [0.2, 0.25) is 5.91 Å². The third kappa shape index (κ3) is 5.90. The zero-order chi connectivity index (χ0) is 19.8. The lowest BCUT2D eigenvalue weighted by molar-refractivity contribution is -0.150. The first-order valence-corrected chi connectivity index (χ1v) is 8.95. The van der Waals surface area contributed by atoms with E-state index in [1.54, 1.807) is 36.1 Å². The minimum atomic E-state index is -0.416. The highest BCUT2D eigenvalue weighted by Crippen LogP contribution is 2.19. The largest absolute Gasteiger partial charge is 0.467 e. The van der Waals surface area contributed by atoms with Crippen molar-refractivity contribution in [3.63, 3.8) is 0 Å². The Balaban J connectivity index is 1.80. The molecule has 1 aliphatic rings. The average Bonchev–Trinajstić information content (AvgIpc) is 2.71. The molecular weight excluding hydrogens is 348 g/mol. The fourth-order valence-corrected chi connectivity index (χ4v) is 3.01. The van der Waals surface area contributed by atoms with Crippen molar-refractivity contribution < 1.29 is 23.9 Å². The molecule has 2 rings (SSSR count). The standard InChI is InChI=1S/C20H24N2O5/c1-14(11-18(23)16-5-3-15(12-21)4-6-16)20(25)22-9-7-17(8-10-22)27-13-19(24)26-2/h3-6,14,17H,7-11,13H2,1-2H3/t14-/m1/s1. The number of methoxy groups -OCH3 is 1. The third-order valence-corrected chi connectivity index (χ3v) is 4.67. The monoisotopic (exact) mass is 372 g/mol. The second-order valence-electron chi connectivity index (χ2n) is 6.63. The van der Waals surface area contributed by atoms with Crippen LogP contribution >= 0.6 is 0 Å². The lowest BCUT2D eigenvalue weighted by atomic mass is 9.97. The number of carbonyl (C=O) groups excluding carboxylic acids is 3. The number of ketones is 1.